The predicted molar refractivity (Wildman–Crippen MR) is 125 cm³/mol. The Morgan fingerprint density at radius 2 is 0.897 bits per heavy atom. The van der Waals surface area contributed by atoms with Gasteiger partial charge in [-0.1, -0.05) is 73.7 Å². The molecule has 0 aliphatic carbocycles. The van der Waals surface area contributed by atoms with Gasteiger partial charge in [-0.2, -0.15) is 0 Å². The van der Waals surface area contributed by atoms with Crippen molar-refractivity contribution in [1.82, 2.24) is 0 Å². The van der Waals surface area contributed by atoms with Gasteiger partial charge in [0.15, 0.2) is 0 Å². The molecule has 0 amide bonds. The summed E-state index contributed by atoms with van der Waals surface area (Å²) >= 11 is 0. The Morgan fingerprint density at radius 1 is 0.483 bits per heavy atom. The van der Waals surface area contributed by atoms with E-state index >= 15 is 0 Å². The SMILES string of the molecule is CCCN(c1ccccc1)c1ccccc1N(c1ccccc1)c1ccccc1. The van der Waals surface area contributed by atoms with Crippen molar-refractivity contribution in [2.75, 3.05) is 16.3 Å². The second-order valence-electron chi connectivity index (χ2n) is 6.98. The van der Waals surface area contributed by atoms with Gasteiger partial charge in [0.2, 0.25) is 0 Å². The molecule has 0 unspecified atom stereocenters. The van der Waals surface area contributed by atoms with Crippen LogP contribution in [0.25, 0.3) is 0 Å². The number of nitrogens with zero attached hydrogens (tertiary/aromatic N) is 2. The minimum absolute atomic E-state index is 0.957. The van der Waals surface area contributed by atoms with Crippen molar-refractivity contribution in [3.05, 3.63) is 115 Å². The minimum atomic E-state index is 0.957. The van der Waals surface area contributed by atoms with Gasteiger partial charge in [0, 0.05) is 23.6 Å². The molecular weight excluding hydrogens is 352 g/mol. The molecule has 0 saturated heterocycles. The van der Waals surface area contributed by atoms with E-state index < -0.39 is 0 Å². The summed E-state index contributed by atoms with van der Waals surface area (Å²) in [5, 5.41) is 0. The first kappa shape index (κ1) is 18.8. The van der Waals surface area contributed by atoms with Crippen LogP contribution in [-0.4, -0.2) is 6.54 Å². The third kappa shape index (κ3) is 4.17. The third-order valence-corrected chi connectivity index (χ3v) is 4.96. The number of para-hydroxylation sites is 5. The molecule has 0 aromatic heterocycles. The highest BCUT2D eigenvalue weighted by Gasteiger charge is 2.19. The van der Waals surface area contributed by atoms with E-state index in [1.54, 1.807) is 0 Å². The van der Waals surface area contributed by atoms with Crippen LogP contribution in [0.5, 0.6) is 0 Å². The molecule has 4 rings (SSSR count). The maximum absolute atomic E-state index is 2.41. The van der Waals surface area contributed by atoms with Crippen LogP contribution < -0.4 is 9.80 Å². The minimum Gasteiger partial charge on any atom is -0.340 e. The van der Waals surface area contributed by atoms with Gasteiger partial charge < -0.3 is 9.80 Å². The lowest BCUT2D eigenvalue weighted by Gasteiger charge is -2.32. The summed E-state index contributed by atoms with van der Waals surface area (Å²) < 4.78 is 0. The lowest BCUT2D eigenvalue weighted by atomic mass is 10.1. The molecule has 2 heteroatoms. The van der Waals surface area contributed by atoms with Crippen LogP contribution in [-0.2, 0) is 0 Å². The molecule has 0 fully saturated rings. The monoisotopic (exact) mass is 378 g/mol. The summed E-state index contributed by atoms with van der Waals surface area (Å²) in [6.45, 7) is 3.18. The van der Waals surface area contributed by atoms with Crippen LogP contribution in [0.15, 0.2) is 115 Å². The van der Waals surface area contributed by atoms with E-state index in [0.717, 1.165) is 24.3 Å². The highest BCUT2D eigenvalue weighted by atomic mass is 15.2. The average molecular weight is 379 g/mol. The van der Waals surface area contributed by atoms with Crippen LogP contribution in [0.2, 0.25) is 0 Å². The van der Waals surface area contributed by atoms with E-state index in [9.17, 15) is 0 Å². The molecule has 144 valence electrons. The summed E-state index contributed by atoms with van der Waals surface area (Å²) in [7, 11) is 0. The van der Waals surface area contributed by atoms with E-state index in [4.69, 9.17) is 0 Å². The Morgan fingerprint density at radius 3 is 1.38 bits per heavy atom. The molecule has 0 N–H and O–H groups in total. The molecule has 0 aliphatic heterocycles. The largest absolute Gasteiger partial charge is 0.340 e. The first-order chi connectivity index (χ1) is 14.4. The van der Waals surface area contributed by atoms with Crippen molar-refractivity contribution in [2.24, 2.45) is 0 Å². The second kappa shape index (κ2) is 9.11. The van der Waals surface area contributed by atoms with Crippen LogP contribution in [0.4, 0.5) is 28.4 Å². The first-order valence-electron chi connectivity index (χ1n) is 10.2. The van der Waals surface area contributed by atoms with Crippen LogP contribution in [0.1, 0.15) is 13.3 Å². The smallest absolute Gasteiger partial charge is 0.0698 e. The van der Waals surface area contributed by atoms with E-state index in [0.29, 0.717) is 0 Å². The van der Waals surface area contributed by atoms with Crippen LogP contribution >= 0.6 is 0 Å². The van der Waals surface area contributed by atoms with Crippen molar-refractivity contribution >= 4 is 28.4 Å². The number of anilines is 5. The zero-order valence-corrected chi connectivity index (χ0v) is 16.8. The summed E-state index contributed by atoms with van der Waals surface area (Å²) in [5.74, 6) is 0. The van der Waals surface area contributed by atoms with Crippen LogP contribution in [0.3, 0.4) is 0 Å². The van der Waals surface area contributed by atoms with Crippen molar-refractivity contribution in [3.63, 3.8) is 0 Å². The molecule has 0 spiro atoms. The fraction of sp³-hybridized carbons (Fsp3) is 0.111. The first-order valence-corrected chi connectivity index (χ1v) is 10.2. The average Bonchev–Trinajstić information content (AvgIpc) is 2.80. The Hall–Kier alpha value is -3.52. The normalized spacial score (nSPS) is 10.5. The molecule has 0 radical (unpaired) electrons. The number of benzene rings is 4. The Balaban J connectivity index is 1.89. The predicted octanol–water partition coefficient (Wildman–Crippen LogP) is 7.70. The van der Waals surface area contributed by atoms with Gasteiger partial charge in [0.25, 0.3) is 0 Å². The molecule has 0 saturated carbocycles. The lowest BCUT2D eigenvalue weighted by Crippen LogP contribution is -2.21. The molecule has 0 heterocycles. The van der Waals surface area contributed by atoms with E-state index in [1.165, 1.54) is 17.1 Å². The molecule has 0 atom stereocenters. The Kier molecular flexibility index (Phi) is 5.92. The highest BCUT2D eigenvalue weighted by Crippen LogP contribution is 2.42. The van der Waals surface area contributed by atoms with Gasteiger partial charge in [0.1, 0.15) is 0 Å². The van der Waals surface area contributed by atoms with Crippen molar-refractivity contribution < 1.29 is 0 Å². The highest BCUT2D eigenvalue weighted by molar-refractivity contribution is 5.87. The lowest BCUT2D eigenvalue weighted by molar-refractivity contribution is 0.885. The summed E-state index contributed by atoms with van der Waals surface area (Å²) in [4.78, 5) is 4.75. The van der Waals surface area contributed by atoms with E-state index in [2.05, 4.69) is 132 Å². The van der Waals surface area contributed by atoms with Gasteiger partial charge in [-0.3, -0.25) is 0 Å². The van der Waals surface area contributed by atoms with Crippen molar-refractivity contribution in [1.29, 1.82) is 0 Å². The fourth-order valence-corrected chi connectivity index (χ4v) is 3.68. The maximum Gasteiger partial charge on any atom is 0.0698 e. The van der Waals surface area contributed by atoms with Gasteiger partial charge in [-0.05, 0) is 55.0 Å². The van der Waals surface area contributed by atoms with Gasteiger partial charge >= 0.3 is 0 Å². The zero-order chi connectivity index (χ0) is 19.9. The molecule has 4 aromatic rings. The molecule has 29 heavy (non-hydrogen) atoms. The van der Waals surface area contributed by atoms with Gasteiger partial charge in [-0.25, -0.2) is 0 Å². The van der Waals surface area contributed by atoms with Crippen LogP contribution in [0, 0.1) is 0 Å². The molecular formula is C27H26N2. The standard InChI is InChI=1S/C27H26N2/c1-2-22-28(23-14-6-3-7-15-23)26-20-12-13-21-27(26)29(24-16-8-4-9-17-24)25-18-10-5-11-19-25/h3-21H,2,22H2,1H3. The number of hydrogen-bond donors (Lipinski definition) is 0. The third-order valence-electron chi connectivity index (χ3n) is 4.96. The van der Waals surface area contributed by atoms with Gasteiger partial charge in [0.05, 0.1) is 11.4 Å². The maximum atomic E-state index is 2.41. The molecule has 2 nitrogen and oxygen atoms in total. The Labute approximate surface area is 173 Å². The summed E-state index contributed by atoms with van der Waals surface area (Å²) in [6, 6.07) is 40.5. The van der Waals surface area contributed by atoms with Crippen molar-refractivity contribution in [2.45, 2.75) is 13.3 Å². The number of rotatable bonds is 7. The number of hydrogen-bond acceptors (Lipinski definition) is 2. The molecule has 0 aliphatic rings. The zero-order valence-electron chi connectivity index (χ0n) is 16.8. The molecule has 0 bridgehead atoms. The topological polar surface area (TPSA) is 6.48 Å². The molecule has 4 aromatic carbocycles. The fourth-order valence-electron chi connectivity index (χ4n) is 3.68. The quantitative estimate of drug-likeness (QED) is 0.325. The second-order valence-corrected chi connectivity index (χ2v) is 6.98. The summed E-state index contributed by atoms with van der Waals surface area (Å²) in [6.07, 6.45) is 1.07. The Bertz CT molecular complexity index is 974. The van der Waals surface area contributed by atoms with E-state index in [-0.39, 0.29) is 0 Å². The summed E-state index contributed by atoms with van der Waals surface area (Å²) in [5.41, 5.74) is 5.88. The van der Waals surface area contributed by atoms with Gasteiger partial charge in [-0.15, -0.1) is 0 Å². The van der Waals surface area contributed by atoms with Crippen molar-refractivity contribution in [3.8, 4) is 0 Å². The van der Waals surface area contributed by atoms with E-state index in [1.807, 2.05) is 0 Å².